The van der Waals surface area contributed by atoms with Crippen LogP contribution in [0.1, 0.15) is 21.6 Å². The van der Waals surface area contributed by atoms with Gasteiger partial charge in [0.25, 0.3) is 11.6 Å². The van der Waals surface area contributed by atoms with Gasteiger partial charge in [0.05, 0.1) is 16.3 Å². The number of non-ortho nitro benzene ring substituents is 1. The molecule has 160 valence electrons. The Balaban J connectivity index is 1.45. The normalized spacial score (nSPS) is 10.5. The maximum absolute atomic E-state index is 12.8. The molecule has 4 aromatic rings. The zero-order chi connectivity index (χ0) is 22.5. The molecule has 4 rings (SSSR count). The number of benzene rings is 3. The van der Waals surface area contributed by atoms with Crippen LogP contribution in [0.2, 0.25) is 0 Å². The Morgan fingerprint density at radius 1 is 1.03 bits per heavy atom. The molecule has 0 aliphatic heterocycles. The highest BCUT2D eigenvalue weighted by atomic mass is 16.6. The fraction of sp³-hybridized carbons (Fsp3) is 0.0833. The van der Waals surface area contributed by atoms with Crippen molar-refractivity contribution >= 4 is 17.4 Å². The minimum Gasteiger partial charge on any atom is -0.489 e. The first-order chi connectivity index (χ1) is 15.5. The third-order valence-electron chi connectivity index (χ3n) is 4.74. The standard InChI is InChI=1S/C24H20N4O4/c1-17-15-23(27(26-17)20-11-13-21(14-12-20)28(30)31)25-24(29)19-9-7-18(8-10-19)16-32-22-5-3-2-4-6-22/h2-15H,16H2,1H3,(H,25,29). The number of aromatic nitrogens is 2. The van der Waals surface area contributed by atoms with E-state index in [1.807, 2.05) is 42.5 Å². The zero-order valence-electron chi connectivity index (χ0n) is 17.3. The SMILES string of the molecule is Cc1cc(NC(=O)c2ccc(COc3ccccc3)cc2)n(-c2ccc([N+](=O)[O-])cc2)n1. The monoisotopic (exact) mass is 428 g/mol. The lowest BCUT2D eigenvalue weighted by atomic mass is 10.1. The first-order valence-electron chi connectivity index (χ1n) is 9.89. The number of amides is 1. The number of para-hydroxylation sites is 1. The average molecular weight is 428 g/mol. The van der Waals surface area contributed by atoms with Gasteiger partial charge in [0.2, 0.25) is 0 Å². The second kappa shape index (κ2) is 9.13. The molecule has 1 amide bonds. The van der Waals surface area contributed by atoms with Crippen LogP contribution in [0, 0.1) is 17.0 Å². The van der Waals surface area contributed by atoms with E-state index in [0.29, 0.717) is 29.4 Å². The number of nitro benzene ring substituents is 1. The highest BCUT2D eigenvalue weighted by Gasteiger charge is 2.14. The Morgan fingerprint density at radius 3 is 2.38 bits per heavy atom. The Kier molecular flexibility index (Phi) is 5.94. The zero-order valence-corrected chi connectivity index (χ0v) is 17.3. The number of ether oxygens (including phenoxy) is 1. The first-order valence-corrected chi connectivity index (χ1v) is 9.89. The molecule has 0 saturated heterocycles. The van der Waals surface area contributed by atoms with Crippen molar-refractivity contribution in [3.8, 4) is 11.4 Å². The summed E-state index contributed by atoms with van der Waals surface area (Å²) in [5.74, 6) is 0.964. The van der Waals surface area contributed by atoms with E-state index in [-0.39, 0.29) is 11.6 Å². The summed E-state index contributed by atoms with van der Waals surface area (Å²) in [4.78, 5) is 23.2. The van der Waals surface area contributed by atoms with Gasteiger partial charge in [-0.05, 0) is 48.9 Å². The quantitative estimate of drug-likeness (QED) is 0.333. The Bertz CT molecular complexity index is 1230. The lowest BCUT2D eigenvalue weighted by molar-refractivity contribution is -0.384. The summed E-state index contributed by atoms with van der Waals surface area (Å²) < 4.78 is 7.27. The van der Waals surface area contributed by atoms with Gasteiger partial charge in [-0.2, -0.15) is 5.10 Å². The highest BCUT2D eigenvalue weighted by molar-refractivity contribution is 6.04. The molecule has 0 radical (unpaired) electrons. The second-order valence-electron chi connectivity index (χ2n) is 7.11. The fourth-order valence-corrected chi connectivity index (χ4v) is 3.13. The van der Waals surface area contributed by atoms with Crippen LogP contribution in [0.25, 0.3) is 5.69 Å². The molecule has 8 nitrogen and oxygen atoms in total. The molecular weight excluding hydrogens is 408 g/mol. The fourth-order valence-electron chi connectivity index (χ4n) is 3.13. The maximum Gasteiger partial charge on any atom is 0.269 e. The Hall–Kier alpha value is -4.46. The van der Waals surface area contributed by atoms with Crippen molar-refractivity contribution in [1.29, 1.82) is 0 Å². The average Bonchev–Trinajstić information content (AvgIpc) is 3.18. The van der Waals surface area contributed by atoms with Crippen molar-refractivity contribution in [2.75, 3.05) is 5.32 Å². The Labute approximate surface area is 184 Å². The number of aryl methyl sites for hydroxylation is 1. The lowest BCUT2D eigenvalue weighted by Gasteiger charge is -2.10. The van der Waals surface area contributed by atoms with E-state index in [1.54, 1.807) is 41.9 Å². The van der Waals surface area contributed by atoms with Crippen molar-refractivity contribution < 1.29 is 14.5 Å². The molecular formula is C24H20N4O4. The van der Waals surface area contributed by atoms with E-state index >= 15 is 0 Å². The number of carbonyl (C=O) groups is 1. The van der Waals surface area contributed by atoms with Gasteiger partial charge in [-0.1, -0.05) is 30.3 Å². The van der Waals surface area contributed by atoms with Gasteiger partial charge in [0.15, 0.2) is 0 Å². The van der Waals surface area contributed by atoms with Crippen LogP contribution in [-0.4, -0.2) is 20.6 Å². The van der Waals surface area contributed by atoms with Crippen LogP contribution in [0.3, 0.4) is 0 Å². The van der Waals surface area contributed by atoms with Crippen LogP contribution in [-0.2, 0) is 6.61 Å². The minimum absolute atomic E-state index is 0.0143. The van der Waals surface area contributed by atoms with E-state index in [4.69, 9.17) is 4.74 Å². The van der Waals surface area contributed by atoms with Crippen molar-refractivity contribution in [2.45, 2.75) is 13.5 Å². The molecule has 0 aliphatic carbocycles. The molecule has 0 atom stereocenters. The summed E-state index contributed by atoms with van der Waals surface area (Å²) in [6.45, 7) is 2.21. The highest BCUT2D eigenvalue weighted by Crippen LogP contribution is 2.21. The molecule has 0 saturated carbocycles. The van der Waals surface area contributed by atoms with Gasteiger partial charge in [-0.15, -0.1) is 0 Å². The second-order valence-corrected chi connectivity index (χ2v) is 7.11. The number of nitro groups is 1. The van der Waals surface area contributed by atoms with Crippen molar-refractivity contribution in [1.82, 2.24) is 9.78 Å². The summed E-state index contributed by atoms with van der Waals surface area (Å²) in [5.41, 5.74) is 2.72. The molecule has 3 aromatic carbocycles. The maximum atomic E-state index is 12.8. The van der Waals surface area contributed by atoms with Gasteiger partial charge in [0.1, 0.15) is 18.2 Å². The number of rotatable bonds is 7. The molecule has 32 heavy (non-hydrogen) atoms. The van der Waals surface area contributed by atoms with Crippen LogP contribution < -0.4 is 10.1 Å². The molecule has 1 aromatic heterocycles. The van der Waals surface area contributed by atoms with Gasteiger partial charge in [0, 0.05) is 23.8 Å². The van der Waals surface area contributed by atoms with Gasteiger partial charge >= 0.3 is 0 Å². The molecule has 1 heterocycles. The smallest absolute Gasteiger partial charge is 0.269 e. The van der Waals surface area contributed by atoms with Crippen molar-refractivity contribution in [3.63, 3.8) is 0 Å². The van der Waals surface area contributed by atoms with Crippen LogP contribution in [0.4, 0.5) is 11.5 Å². The molecule has 0 spiro atoms. The topological polar surface area (TPSA) is 99.3 Å². The number of nitrogens with zero attached hydrogens (tertiary/aromatic N) is 3. The first kappa shape index (κ1) is 20.8. The summed E-state index contributed by atoms with van der Waals surface area (Å²) in [6, 6.07) is 24.4. The van der Waals surface area contributed by atoms with Crippen molar-refractivity contribution in [2.24, 2.45) is 0 Å². The number of carbonyl (C=O) groups excluding carboxylic acids is 1. The molecule has 0 unspecified atom stereocenters. The van der Waals surface area contributed by atoms with Crippen LogP contribution in [0.5, 0.6) is 5.75 Å². The number of hydrogen-bond acceptors (Lipinski definition) is 5. The third-order valence-corrected chi connectivity index (χ3v) is 4.74. The van der Waals surface area contributed by atoms with Crippen molar-refractivity contribution in [3.05, 3.63) is 112 Å². The molecule has 0 aliphatic rings. The lowest BCUT2D eigenvalue weighted by Crippen LogP contribution is -2.15. The molecule has 1 N–H and O–H groups in total. The van der Waals surface area contributed by atoms with Crippen LogP contribution in [0.15, 0.2) is 84.9 Å². The van der Waals surface area contributed by atoms with E-state index in [2.05, 4.69) is 10.4 Å². The number of anilines is 1. The van der Waals surface area contributed by atoms with Gasteiger partial charge in [-0.25, -0.2) is 4.68 Å². The number of hydrogen-bond donors (Lipinski definition) is 1. The predicted molar refractivity (Wildman–Crippen MR) is 120 cm³/mol. The van der Waals surface area contributed by atoms with E-state index in [9.17, 15) is 14.9 Å². The van der Waals surface area contributed by atoms with Crippen LogP contribution >= 0.6 is 0 Å². The van der Waals surface area contributed by atoms with Gasteiger partial charge in [-0.3, -0.25) is 14.9 Å². The predicted octanol–water partition coefficient (Wildman–Crippen LogP) is 4.92. The molecule has 0 bridgehead atoms. The summed E-state index contributed by atoms with van der Waals surface area (Å²) in [5, 5.41) is 18.1. The van der Waals surface area contributed by atoms with E-state index in [1.165, 1.54) is 12.1 Å². The Morgan fingerprint density at radius 2 is 1.72 bits per heavy atom. The third kappa shape index (κ3) is 4.81. The molecule has 8 heteroatoms. The van der Waals surface area contributed by atoms with Gasteiger partial charge < -0.3 is 10.1 Å². The van der Waals surface area contributed by atoms with E-state index < -0.39 is 4.92 Å². The summed E-state index contributed by atoms with van der Waals surface area (Å²) in [6.07, 6.45) is 0. The summed E-state index contributed by atoms with van der Waals surface area (Å²) in [7, 11) is 0. The largest absolute Gasteiger partial charge is 0.489 e. The van der Waals surface area contributed by atoms with E-state index in [0.717, 1.165) is 11.3 Å². The summed E-state index contributed by atoms with van der Waals surface area (Å²) >= 11 is 0. The number of nitrogens with one attached hydrogen (secondary N) is 1. The molecule has 0 fully saturated rings. The minimum atomic E-state index is -0.463.